The molecule has 2 aromatic carbocycles. The Hall–Kier alpha value is -4.19. The molecule has 2 bridgehead atoms. The van der Waals surface area contributed by atoms with Crippen molar-refractivity contribution in [3.63, 3.8) is 0 Å². The van der Waals surface area contributed by atoms with Crippen molar-refractivity contribution in [2.24, 2.45) is 5.92 Å². The molecular formula is C29H35F2N5O5. The van der Waals surface area contributed by atoms with Crippen molar-refractivity contribution < 1.29 is 32.6 Å². The first-order chi connectivity index (χ1) is 19.7. The highest BCUT2D eigenvalue weighted by atomic mass is 19.1. The Morgan fingerprint density at radius 1 is 1.10 bits per heavy atom. The van der Waals surface area contributed by atoms with Crippen LogP contribution in [0.3, 0.4) is 0 Å². The third-order valence-electron chi connectivity index (χ3n) is 6.84. The fraction of sp³-hybridized carbons (Fsp3) is 0.414. The van der Waals surface area contributed by atoms with Crippen molar-refractivity contribution in [1.29, 1.82) is 0 Å². The van der Waals surface area contributed by atoms with E-state index in [1.807, 2.05) is 30.7 Å². The average Bonchev–Trinajstić information content (AvgIpc) is 3.41. The van der Waals surface area contributed by atoms with E-state index < -0.39 is 23.6 Å². The second kappa shape index (κ2) is 13.4. The maximum atomic E-state index is 15.0. The molecule has 0 fully saturated rings. The number of hydrogen-bond acceptors (Lipinski definition) is 7. The van der Waals surface area contributed by atoms with Gasteiger partial charge in [-0.2, -0.15) is 0 Å². The number of methoxy groups -OCH3 is 2. The lowest BCUT2D eigenvalue weighted by atomic mass is 10.0. The van der Waals surface area contributed by atoms with Gasteiger partial charge < -0.3 is 29.4 Å². The minimum Gasteiger partial charge on any atom is -0.494 e. The number of halogens is 2. The van der Waals surface area contributed by atoms with Crippen molar-refractivity contribution in [3.8, 4) is 28.6 Å². The van der Waals surface area contributed by atoms with Crippen LogP contribution in [0.15, 0.2) is 42.7 Å². The monoisotopic (exact) mass is 571 g/mol. The summed E-state index contributed by atoms with van der Waals surface area (Å²) in [5, 5.41) is 5.67. The lowest BCUT2D eigenvalue weighted by Gasteiger charge is -2.26. The first-order valence-corrected chi connectivity index (χ1v) is 13.3. The molecule has 0 saturated carbocycles. The topological polar surface area (TPSA) is 107 Å². The van der Waals surface area contributed by atoms with E-state index in [-0.39, 0.29) is 49.4 Å². The predicted molar refractivity (Wildman–Crippen MR) is 148 cm³/mol. The minimum absolute atomic E-state index is 0.0723. The van der Waals surface area contributed by atoms with Gasteiger partial charge in [0, 0.05) is 49.7 Å². The van der Waals surface area contributed by atoms with E-state index in [2.05, 4.69) is 15.6 Å². The van der Waals surface area contributed by atoms with E-state index in [0.29, 0.717) is 30.4 Å². The number of fused-ring (bicyclic) bond motifs is 4. The molecule has 2 heterocycles. The molecule has 2 N–H and O–H groups in total. The molecule has 1 aliphatic heterocycles. The van der Waals surface area contributed by atoms with E-state index in [9.17, 15) is 14.0 Å². The molecule has 1 aromatic heterocycles. The Bertz CT molecular complexity index is 1380. The van der Waals surface area contributed by atoms with Gasteiger partial charge >= 0.3 is 0 Å². The molecular weight excluding hydrogens is 536 g/mol. The highest BCUT2D eigenvalue weighted by Crippen LogP contribution is 2.32. The van der Waals surface area contributed by atoms with E-state index in [0.717, 1.165) is 11.6 Å². The smallest absolute Gasteiger partial charge is 0.242 e. The molecule has 220 valence electrons. The highest BCUT2D eigenvalue weighted by molar-refractivity contribution is 5.88. The number of nitrogens with zero attached hydrogens (tertiary/aromatic N) is 3. The van der Waals surface area contributed by atoms with Crippen LogP contribution in [0.4, 0.5) is 8.78 Å². The summed E-state index contributed by atoms with van der Waals surface area (Å²) in [4.78, 5) is 32.2. The molecule has 2 amide bonds. The molecule has 0 saturated heterocycles. The second-order valence-electron chi connectivity index (χ2n) is 9.99. The molecule has 0 spiro atoms. The summed E-state index contributed by atoms with van der Waals surface area (Å²) in [5.74, 6) is -1.11. The van der Waals surface area contributed by atoms with Gasteiger partial charge in [0.15, 0.2) is 23.1 Å². The maximum Gasteiger partial charge on any atom is 0.242 e. The zero-order chi connectivity index (χ0) is 29.5. The SMILES string of the molecule is COc1ccc2cc1OCCN(Cc1c(F)ccc(OC)c1F)CC(=O)N[C@H](C(C)C)C(=O)NCCn1ccnc1-2. The zero-order valence-electron chi connectivity index (χ0n) is 23.6. The lowest BCUT2D eigenvalue weighted by Crippen LogP contribution is -2.52. The number of ether oxygens (including phenoxy) is 3. The zero-order valence-corrected chi connectivity index (χ0v) is 23.6. The van der Waals surface area contributed by atoms with Crippen LogP contribution in [0.25, 0.3) is 11.4 Å². The molecule has 0 aliphatic carbocycles. The van der Waals surface area contributed by atoms with E-state index in [1.54, 1.807) is 23.2 Å². The summed E-state index contributed by atoms with van der Waals surface area (Å²) in [6.45, 7) is 4.14. The first kappa shape index (κ1) is 29.8. The fourth-order valence-electron chi connectivity index (χ4n) is 4.65. The van der Waals surface area contributed by atoms with Crippen molar-refractivity contribution in [3.05, 3.63) is 59.9 Å². The number of imidazole rings is 1. The Kier molecular flexibility index (Phi) is 9.77. The number of benzene rings is 2. The van der Waals surface area contributed by atoms with Crippen LogP contribution in [0, 0.1) is 17.6 Å². The number of hydrogen-bond donors (Lipinski definition) is 2. The Morgan fingerprint density at radius 3 is 2.59 bits per heavy atom. The average molecular weight is 572 g/mol. The van der Waals surface area contributed by atoms with Gasteiger partial charge in [0.2, 0.25) is 11.8 Å². The van der Waals surface area contributed by atoms with Crippen molar-refractivity contribution in [2.45, 2.75) is 33.0 Å². The third kappa shape index (κ3) is 7.12. The Labute approximate surface area is 237 Å². The van der Waals surface area contributed by atoms with E-state index in [1.165, 1.54) is 20.3 Å². The number of carbonyl (C=O) groups is 2. The molecule has 3 aromatic rings. The molecule has 4 rings (SSSR count). The summed E-state index contributed by atoms with van der Waals surface area (Å²) < 4.78 is 48.2. The van der Waals surface area contributed by atoms with Gasteiger partial charge in [-0.05, 0) is 36.2 Å². The quantitative estimate of drug-likeness (QED) is 0.485. The molecule has 1 aliphatic rings. The molecule has 1 atom stereocenters. The number of amides is 2. The minimum atomic E-state index is -0.846. The fourth-order valence-corrected chi connectivity index (χ4v) is 4.65. The molecule has 10 nitrogen and oxygen atoms in total. The molecule has 0 radical (unpaired) electrons. The first-order valence-electron chi connectivity index (χ1n) is 13.3. The summed E-state index contributed by atoms with van der Waals surface area (Å²) in [5.41, 5.74) is 0.531. The van der Waals surface area contributed by atoms with Crippen LogP contribution in [-0.2, 0) is 22.7 Å². The second-order valence-corrected chi connectivity index (χ2v) is 9.99. The lowest BCUT2D eigenvalue weighted by molar-refractivity contribution is -0.130. The van der Waals surface area contributed by atoms with Crippen molar-refractivity contribution in [1.82, 2.24) is 25.1 Å². The summed E-state index contributed by atoms with van der Waals surface area (Å²) in [6.07, 6.45) is 3.49. The Balaban J connectivity index is 1.67. The van der Waals surface area contributed by atoms with Crippen molar-refractivity contribution >= 4 is 11.8 Å². The predicted octanol–water partition coefficient (Wildman–Crippen LogP) is 3.00. The summed E-state index contributed by atoms with van der Waals surface area (Å²) in [6, 6.07) is 6.93. The molecule has 41 heavy (non-hydrogen) atoms. The van der Waals surface area contributed by atoms with Crippen LogP contribution in [0.1, 0.15) is 19.4 Å². The van der Waals surface area contributed by atoms with Gasteiger partial charge in [0.25, 0.3) is 0 Å². The number of aromatic nitrogens is 2. The van der Waals surface area contributed by atoms with Gasteiger partial charge in [-0.3, -0.25) is 14.5 Å². The molecule has 0 unspecified atom stereocenters. The summed E-state index contributed by atoms with van der Waals surface area (Å²) in [7, 11) is 2.82. The van der Waals surface area contributed by atoms with Gasteiger partial charge in [-0.1, -0.05) is 13.8 Å². The van der Waals surface area contributed by atoms with Crippen molar-refractivity contribution in [2.75, 3.05) is 40.5 Å². The van der Waals surface area contributed by atoms with Gasteiger partial charge in [-0.25, -0.2) is 13.8 Å². The summed E-state index contributed by atoms with van der Waals surface area (Å²) >= 11 is 0. The highest BCUT2D eigenvalue weighted by Gasteiger charge is 2.26. The molecule has 12 heteroatoms. The normalized spacial score (nSPS) is 17.2. The number of nitrogens with one attached hydrogen (secondary N) is 2. The van der Waals surface area contributed by atoms with Crippen LogP contribution in [0.2, 0.25) is 0 Å². The number of carbonyl (C=O) groups excluding carboxylic acids is 2. The Morgan fingerprint density at radius 2 is 1.85 bits per heavy atom. The van der Waals surface area contributed by atoms with Gasteiger partial charge in [0.1, 0.15) is 24.3 Å². The van der Waals surface area contributed by atoms with Crippen LogP contribution >= 0.6 is 0 Å². The van der Waals surface area contributed by atoms with Crippen LogP contribution in [-0.4, -0.2) is 72.8 Å². The van der Waals surface area contributed by atoms with E-state index >= 15 is 4.39 Å². The van der Waals surface area contributed by atoms with E-state index in [4.69, 9.17) is 14.2 Å². The number of rotatable bonds is 5. The third-order valence-corrected chi connectivity index (χ3v) is 6.84. The maximum absolute atomic E-state index is 15.0. The van der Waals surface area contributed by atoms with Crippen LogP contribution in [0.5, 0.6) is 17.2 Å². The van der Waals surface area contributed by atoms with Crippen LogP contribution < -0.4 is 24.8 Å². The van der Waals surface area contributed by atoms with Gasteiger partial charge in [0.05, 0.1) is 20.8 Å². The standard InChI is InChI=1S/C29H35F2N5O5/c1-18(2)27-29(38)33-10-12-36-11-9-32-28(36)19-5-7-22(39-3)24(15-19)41-14-13-35(17-25(37)34-27)16-20-21(30)6-8-23(40-4)26(20)31/h5-9,11,15,18,27H,10,12-14,16-17H2,1-4H3,(H,33,38)(H,34,37)/t27-/m1/s1. The largest absolute Gasteiger partial charge is 0.494 e. The van der Waals surface area contributed by atoms with Gasteiger partial charge in [-0.15, -0.1) is 0 Å².